The molecule has 0 saturated heterocycles. The standard InChI is InChI=1S/C14H21FO3/c1-9-6-10(2)13(11(15)7-9)14(3,16)8-12(17-4)18-5/h6-7,12,16H,8H2,1-5H3. The predicted molar refractivity (Wildman–Crippen MR) is 67.9 cm³/mol. The number of aliphatic hydroxyl groups is 1. The van der Waals surface area contributed by atoms with Crippen LogP contribution >= 0.6 is 0 Å². The smallest absolute Gasteiger partial charge is 0.159 e. The average molecular weight is 256 g/mol. The van der Waals surface area contributed by atoms with Crippen molar-refractivity contribution in [2.45, 2.75) is 39.1 Å². The molecule has 0 aliphatic carbocycles. The topological polar surface area (TPSA) is 38.7 Å². The number of ether oxygens (including phenoxy) is 2. The van der Waals surface area contributed by atoms with Crippen LogP contribution in [-0.2, 0) is 15.1 Å². The van der Waals surface area contributed by atoms with E-state index in [0.29, 0.717) is 5.56 Å². The molecular formula is C14H21FO3. The molecule has 3 nitrogen and oxygen atoms in total. The van der Waals surface area contributed by atoms with E-state index in [1.807, 2.05) is 13.0 Å². The lowest BCUT2D eigenvalue weighted by Crippen LogP contribution is -2.31. The van der Waals surface area contributed by atoms with E-state index in [4.69, 9.17) is 9.47 Å². The molecule has 102 valence electrons. The maximum absolute atomic E-state index is 14.0. The Labute approximate surface area is 108 Å². The SMILES string of the molecule is COC(CC(C)(O)c1c(C)cc(C)cc1F)OC. The van der Waals surface area contributed by atoms with Gasteiger partial charge < -0.3 is 14.6 Å². The highest BCUT2D eigenvalue weighted by atomic mass is 19.1. The summed E-state index contributed by atoms with van der Waals surface area (Å²) in [5.74, 6) is -0.400. The van der Waals surface area contributed by atoms with E-state index < -0.39 is 17.7 Å². The summed E-state index contributed by atoms with van der Waals surface area (Å²) in [7, 11) is 2.98. The van der Waals surface area contributed by atoms with Crippen LogP contribution in [0.15, 0.2) is 12.1 Å². The number of aryl methyl sites for hydroxylation is 2. The summed E-state index contributed by atoms with van der Waals surface area (Å²) in [5.41, 5.74) is 0.522. The first-order chi connectivity index (χ1) is 8.31. The Bertz CT molecular complexity index is 388. The van der Waals surface area contributed by atoms with Gasteiger partial charge in [-0.2, -0.15) is 0 Å². The monoisotopic (exact) mass is 256 g/mol. The predicted octanol–water partition coefficient (Wildman–Crippen LogP) is 2.66. The molecule has 1 unspecified atom stereocenters. The number of hydrogen-bond donors (Lipinski definition) is 1. The zero-order chi connectivity index (χ0) is 13.9. The van der Waals surface area contributed by atoms with Crippen molar-refractivity contribution in [3.8, 4) is 0 Å². The van der Waals surface area contributed by atoms with Gasteiger partial charge in [0.2, 0.25) is 0 Å². The summed E-state index contributed by atoms with van der Waals surface area (Å²) in [6, 6.07) is 3.27. The fourth-order valence-corrected chi connectivity index (χ4v) is 2.29. The van der Waals surface area contributed by atoms with Gasteiger partial charge in [-0.15, -0.1) is 0 Å². The van der Waals surface area contributed by atoms with Gasteiger partial charge in [-0.3, -0.25) is 0 Å². The van der Waals surface area contributed by atoms with Gasteiger partial charge in [-0.05, 0) is 38.0 Å². The number of halogens is 1. The van der Waals surface area contributed by atoms with E-state index in [9.17, 15) is 9.50 Å². The van der Waals surface area contributed by atoms with Crippen LogP contribution in [-0.4, -0.2) is 25.6 Å². The van der Waals surface area contributed by atoms with Gasteiger partial charge in [-0.1, -0.05) is 6.07 Å². The Hall–Kier alpha value is -0.970. The molecule has 0 heterocycles. The van der Waals surface area contributed by atoms with Crippen molar-refractivity contribution in [2.75, 3.05) is 14.2 Å². The summed E-state index contributed by atoms with van der Waals surface area (Å²) in [4.78, 5) is 0. The van der Waals surface area contributed by atoms with E-state index in [-0.39, 0.29) is 6.42 Å². The second-order valence-electron chi connectivity index (χ2n) is 4.82. The first-order valence-corrected chi connectivity index (χ1v) is 5.87. The maximum atomic E-state index is 14.0. The second-order valence-corrected chi connectivity index (χ2v) is 4.82. The highest BCUT2D eigenvalue weighted by Crippen LogP contribution is 2.32. The maximum Gasteiger partial charge on any atom is 0.159 e. The summed E-state index contributed by atoms with van der Waals surface area (Å²) >= 11 is 0. The molecule has 18 heavy (non-hydrogen) atoms. The minimum atomic E-state index is -1.33. The third-order valence-electron chi connectivity index (χ3n) is 3.06. The van der Waals surface area contributed by atoms with E-state index in [1.54, 1.807) is 13.8 Å². The molecule has 1 aromatic rings. The van der Waals surface area contributed by atoms with Crippen LogP contribution in [0, 0.1) is 19.7 Å². The van der Waals surface area contributed by atoms with E-state index in [0.717, 1.165) is 11.1 Å². The first kappa shape index (κ1) is 15.1. The third-order valence-corrected chi connectivity index (χ3v) is 3.06. The zero-order valence-corrected chi connectivity index (χ0v) is 11.6. The summed E-state index contributed by atoms with van der Waals surface area (Å²) in [5, 5.41) is 10.5. The molecule has 0 aromatic heterocycles. The number of rotatable bonds is 5. The zero-order valence-electron chi connectivity index (χ0n) is 11.6. The van der Waals surface area contributed by atoms with Crippen LogP contribution in [0.25, 0.3) is 0 Å². The fraction of sp³-hybridized carbons (Fsp3) is 0.571. The molecule has 0 saturated carbocycles. The molecular weight excluding hydrogens is 235 g/mol. The molecule has 1 aromatic carbocycles. The van der Waals surface area contributed by atoms with Gasteiger partial charge in [0.05, 0.1) is 5.60 Å². The number of benzene rings is 1. The van der Waals surface area contributed by atoms with Gasteiger partial charge >= 0.3 is 0 Å². The Balaban J connectivity index is 3.11. The molecule has 4 heteroatoms. The van der Waals surface area contributed by atoms with Crippen molar-refractivity contribution in [3.05, 3.63) is 34.6 Å². The molecule has 0 aliphatic rings. The molecule has 0 aliphatic heterocycles. The van der Waals surface area contributed by atoms with Crippen LogP contribution in [0.4, 0.5) is 4.39 Å². The Morgan fingerprint density at radius 2 is 1.83 bits per heavy atom. The summed E-state index contributed by atoms with van der Waals surface area (Å²) < 4.78 is 24.1. The van der Waals surface area contributed by atoms with Crippen LogP contribution in [0.3, 0.4) is 0 Å². The highest BCUT2D eigenvalue weighted by Gasteiger charge is 2.32. The van der Waals surface area contributed by atoms with E-state index in [1.165, 1.54) is 20.3 Å². The molecule has 1 N–H and O–H groups in total. The van der Waals surface area contributed by atoms with Gasteiger partial charge in [-0.25, -0.2) is 4.39 Å². The van der Waals surface area contributed by atoms with Gasteiger partial charge in [0.25, 0.3) is 0 Å². The van der Waals surface area contributed by atoms with Crippen LogP contribution < -0.4 is 0 Å². The fourth-order valence-electron chi connectivity index (χ4n) is 2.29. The van der Waals surface area contributed by atoms with Crippen molar-refractivity contribution < 1.29 is 19.0 Å². The van der Waals surface area contributed by atoms with E-state index >= 15 is 0 Å². The van der Waals surface area contributed by atoms with Crippen molar-refractivity contribution in [3.63, 3.8) is 0 Å². The lowest BCUT2D eigenvalue weighted by atomic mass is 9.87. The van der Waals surface area contributed by atoms with Crippen molar-refractivity contribution in [1.82, 2.24) is 0 Å². The van der Waals surface area contributed by atoms with E-state index in [2.05, 4.69) is 0 Å². The van der Waals surface area contributed by atoms with Crippen LogP contribution in [0.5, 0.6) is 0 Å². The Morgan fingerprint density at radius 3 is 2.28 bits per heavy atom. The number of hydrogen-bond acceptors (Lipinski definition) is 3. The van der Waals surface area contributed by atoms with Crippen molar-refractivity contribution in [1.29, 1.82) is 0 Å². The third kappa shape index (κ3) is 3.28. The van der Waals surface area contributed by atoms with Crippen molar-refractivity contribution >= 4 is 0 Å². The largest absolute Gasteiger partial charge is 0.385 e. The molecule has 1 rings (SSSR count). The second kappa shape index (κ2) is 5.78. The molecule has 0 fully saturated rings. The average Bonchev–Trinajstić information content (AvgIpc) is 2.23. The molecule has 0 bridgehead atoms. The van der Waals surface area contributed by atoms with Crippen molar-refractivity contribution in [2.24, 2.45) is 0 Å². The Morgan fingerprint density at radius 1 is 1.28 bits per heavy atom. The quantitative estimate of drug-likeness (QED) is 0.823. The van der Waals surface area contributed by atoms with Gasteiger partial charge in [0, 0.05) is 26.2 Å². The highest BCUT2D eigenvalue weighted by molar-refractivity contribution is 5.35. The lowest BCUT2D eigenvalue weighted by Gasteiger charge is -2.29. The van der Waals surface area contributed by atoms with Gasteiger partial charge in [0.1, 0.15) is 5.82 Å². The van der Waals surface area contributed by atoms with Crippen LogP contribution in [0.1, 0.15) is 30.0 Å². The normalized spacial score (nSPS) is 14.9. The molecule has 0 radical (unpaired) electrons. The molecule has 0 spiro atoms. The van der Waals surface area contributed by atoms with Gasteiger partial charge in [0.15, 0.2) is 6.29 Å². The summed E-state index contributed by atoms with van der Waals surface area (Å²) in [6.45, 7) is 5.18. The molecule has 0 amide bonds. The minimum Gasteiger partial charge on any atom is -0.385 e. The minimum absolute atomic E-state index is 0.167. The number of methoxy groups -OCH3 is 2. The van der Waals surface area contributed by atoms with Crippen LogP contribution in [0.2, 0.25) is 0 Å². The Kier molecular flexibility index (Phi) is 4.85. The lowest BCUT2D eigenvalue weighted by molar-refractivity contribution is -0.142. The first-order valence-electron chi connectivity index (χ1n) is 5.87. The summed E-state index contributed by atoms with van der Waals surface area (Å²) in [6.07, 6.45) is -0.402. The molecule has 1 atom stereocenters.